The normalized spacial score (nSPS) is 18.7. The summed E-state index contributed by atoms with van der Waals surface area (Å²) in [6, 6.07) is 38.4. The Morgan fingerprint density at radius 1 is 0.394 bits per heavy atom. The van der Waals surface area contributed by atoms with E-state index in [0.29, 0.717) is 11.1 Å². The van der Waals surface area contributed by atoms with E-state index in [-0.39, 0.29) is 32.9 Å². The Morgan fingerprint density at radius 2 is 0.773 bits per heavy atom. The van der Waals surface area contributed by atoms with Crippen molar-refractivity contribution < 1.29 is 8.83 Å². The highest BCUT2D eigenvalue weighted by atomic mass is 16.4. The number of fused-ring (bicyclic) bond motifs is 5. The Morgan fingerprint density at radius 3 is 1.20 bits per heavy atom. The molecule has 0 aliphatic carbocycles. The van der Waals surface area contributed by atoms with E-state index in [9.17, 15) is 9.59 Å². The van der Waals surface area contributed by atoms with Gasteiger partial charge in [0.1, 0.15) is 11.2 Å². The molecule has 0 spiro atoms. The van der Waals surface area contributed by atoms with Crippen LogP contribution in [0.1, 0.15) is 103 Å². The van der Waals surface area contributed by atoms with E-state index >= 15 is 0 Å². The second-order valence-corrected chi connectivity index (χ2v) is 22.5. The minimum Gasteiger partial charge on any atom is -0.422 e. The van der Waals surface area contributed by atoms with Gasteiger partial charge >= 0.3 is 11.3 Å². The van der Waals surface area contributed by atoms with Crippen LogP contribution in [0.3, 0.4) is 0 Å². The van der Waals surface area contributed by atoms with E-state index in [1.165, 1.54) is 33.6 Å². The maximum Gasteiger partial charge on any atom is 0.344 e. The van der Waals surface area contributed by atoms with E-state index in [0.717, 1.165) is 118 Å². The van der Waals surface area contributed by atoms with Crippen LogP contribution < -0.4 is 21.1 Å². The first kappa shape index (κ1) is 41.1. The lowest BCUT2D eigenvalue weighted by Crippen LogP contribution is -2.44. The van der Waals surface area contributed by atoms with Gasteiger partial charge in [0, 0.05) is 59.5 Å². The summed E-state index contributed by atoms with van der Waals surface area (Å²) < 4.78 is 12.8. The maximum atomic E-state index is 14.0. The third-order valence-electron chi connectivity index (χ3n) is 16.3. The summed E-state index contributed by atoms with van der Waals surface area (Å²) >= 11 is 0. The molecule has 0 N–H and O–H groups in total. The van der Waals surface area contributed by atoms with Gasteiger partial charge in [-0.05, 0) is 151 Å². The fourth-order valence-electron chi connectivity index (χ4n) is 12.0. The first-order valence-corrected chi connectivity index (χ1v) is 24.0. The smallest absolute Gasteiger partial charge is 0.344 e. The second kappa shape index (κ2) is 14.1. The van der Waals surface area contributed by atoms with E-state index in [2.05, 4.69) is 150 Å². The molecule has 0 radical (unpaired) electrons. The lowest BCUT2D eigenvalue weighted by Gasteiger charge is -2.48. The zero-order valence-corrected chi connectivity index (χ0v) is 39.6. The third kappa shape index (κ3) is 6.27. The number of hydrogen-bond donors (Lipinski definition) is 0. The average molecular weight is 871 g/mol. The Kier molecular flexibility index (Phi) is 8.75. The van der Waals surface area contributed by atoms with Gasteiger partial charge in [-0.1, -0.05) is 116 Å². The summed E-state index contributed by atoms with van der Waals surface area (Å²) in [5.41, 5.74) is 15.3. The predicted octanol–water partition coefficient (Wildman–Crippen LogP) is 14.1. The first-order chi connectivity index (χ1) is 31.5. The largest absolute Gasteiger partial charge is 0.422 e. The number of rotatable bonds is 4. The zero-order valence-electron chi connectivity index (χ0n) is 39.6. The molecule has 6 heteroatoms. The summed E-state index contributed by atoms with van der Waals surface area (Å²) in [4.78, 5) is 33.1. The molecule has 6 heterocycles. The summed E-state index contributed by atoms with van der Waals surface area (Å²) in [6.45, 7) is 22.7. The summed E-state index contributed by atoms with van der Waals surface area (Å²) in [7, 11) is 0. The summed E-state index contributed by atoms with van der Waals surface area (Å²) in [6.07, 6.45) is 4.24. The van der Waals surface area contributed by atoms with Gasteiger partial charge in [0.15, 0.2) is 0 Å². The van der Waals surface area contributed by atoms with Gasteiger partial charge in [-0.25, -0.2) is 9.59 Å². The van der Waals surface area contributed by atoms with Gasteiger partial charge in [0.2, 0.25) is 0 Å². The van der Waals surface area contributed by atoms with Crippen molar-refractivity contribution >= 4 is 44.1 Å². The van der Waals surface area contributed by atoms with Crippen LogP contribution >= 0.6 is 0 Å². The van der Waals surface area contributed by atoms with Crippen molar-refractivity contribution in [3.63, 3.8) is 0 Å². The highest BCUT2D eigenvalue weighted by Gasteiger charge is 2.43. The second-order valence-electron chi connectivity index (χ2n) is 22.5. The molecule has 0 amide bonds. The van der Waals surface area contributed by atoms with Crippen LogP contribution in [0, 0.1) is 0 Å². The Balaban J connectivity index is 0.901. The van der Waals surface area contributed by atoms with E-state index in [1.54, 1.807) is 0 Å². The quantitative estimate of drug-likeness (QED) is 0.164. The fourth-order valence-corrected chi connectivity index (χ4v) is 12.0. The highest BCUT2D eigenvalue weighted by molar-refractivity contribution is 5.96. The lowest BCUT2D eigenvalue weighted by molar-refractivity contribution is 0.398. The van der Waals surface area contributed by atoms with Crippen LogP contribution in [-0.2, 0) is 21.7 Å². The van der Waals surface area contributed by atoms with Gasteiger partial charge in [0.05, 0.1) is 11.1 Å². The number of benzene rings is 6. The molecule has 4 aliphatic heterocycles. The molecule has 0 unspecified atom stereocenters. The molecule has 0 fully saturated rings. The predicted molar refractivity (Wildman–Crippen MR) is 273 cm³/mol. The summed E-state index contributed by atoms with van der Waals surface area (Å²) in [5.74, 6) is 0. The Hall–Kier alpha value is -6.40. The van der Waals surface area contributed by atoms with Crippen molar-refractivity contribution in [1.29, 1.82) is 0 Å². The molecule has 66 heavy (non-hydrogen) atoms. The zero-order chi connectivity index (χ0) is 45.7. The van der Waals surface area contributed by atoms with E-state index in [4.69, 9.17) is 8.83 Å². The van der Waals surface area contributed by atoms with Crippen LogP contribution in [-0.4, -0.2) is 26.2 Å². The van der Waals surface area contributed by atoms with Crippen molar-refractivity contribution in [3.05, 3.63) is 152 Å². The van der Waals surface area contributed by atoms with Gasteiger partial charge in [-0.2, -0.15) is 0 Å². The number of anilines is 2. The van der Waals surface area contributed by atoms with Crippen molar-refractivity contribution in [3.8, 4) is 44.5 Å². The van der Waals surface area contributed by atoms with Crippen molar-refractivity contribution in [2.75, 3.05) is 36.0 Å². The minimum atomic E-state index is -0.307. The summed E-state index contributed by atoms with van der Waals surface area (Å²) in [5, 5.41) is 4.22. The molecule has 2 aromatic heterocycles. The maximum absolute atomic E-state index is 14.0. The Bertz CT molecular complexity index is 3280. The van der Waals surface area contributed by atoms with Gasteiger partial charge in [-0.3, -0.25) is 0 Å². The van der Waals surface area contributed by atoms with Gasteiger partial charge < -0.3 is 18.6 Å². The van der Waals surface area contributed by atoms with Crippen LogP contribution in [0.15, 0.2) is 128 Å². The molecule has 0 atom stereocenters. The number of hydrogen-bond acceptors (Lipinski definition) is 6. The highest BCUT2D eigenvalue weighted by Crippen LogP contribution is 2.53. The van der Waals surface area contributed by atoms with Crippen LogP contribution in [0.2, 0.25) is 0 Å². The molecule has 4 aliphatic rings. The Labute approximate surface area is 386 Å². The molecule has 0 saturated carbocycles. The van der Waals surface area contributed by atoms with Crippen molar-refractivity contribution in [1.82, 2.24) is 0 Å². The molecule has 0 saturated heterocycles. The standard InChI is InChI=1S/C60H58N2O4/c1-57(2)19-23-61-25-21-59(5,6)49-51(61)47(57)33-43-31-45(55(63)65-53(43)49)40-13-9-11-36(27-40)38-17-15-35-16-18-39(30-42(35)29-38)37-12-10-14-41(28-37)46-32-44-34-48-52-50(54(44)66-56(46)64)60(7,8)22-26-62(52)24-20-58(48,3)4/h9-18,27-34H,19-26H2,1-8H3. The van der Waals surface area contributed by atoms with Gasteiger partial charge in [0.25, 0.3) is 0 Å². The molecular formula is C60H58N2O4. The lowest BCUT2D eigenvalue weighted by atomic mass is 9.69. The first-order valence-electron chi connectivity index (χ1n) is 24.0. The third-order valence-corrected chi connectivity index (χ3v) is 16.3. The van der Waals surface area contributed by atoms with Crippen molar-refractivity contribution in [2.24, 2.45) is 0 Å². The fraction of sp³-hybridized carbons (Fsp3) is 0.333. The molecule has 6 nitrogen and oxygen atoms in total. The monoisotopic (exact) mass is 870 g/mol. The molecule has 0 bridgehead atoms. The van der Waals surface area contributed by atoms with Crippen LogP contribution in [0.25, 0.3) is 77.2 Å². The topological polar surface area (TPSA) is 66.9 Å². The number of nitrogens with zero attached hydrogens (tertiary/aromatic N) is 2. The SMILES string of the molecule is CC1(C)CCN2CCC(C)(C)c3c2c1cc1cc(-c2cccc(-c4ccc5ccc(-c6cccc(-c7cc8cc9c%10c(c8oc7=O)C(C)(C)CCN%10CCC9(C)C)c6)cc5c4)c2)c(=O)oc31. The van der Waals surface area contributed by atoms with E-state index in [1.807, 2.05) is 24.3 Å². The van der Waals surface area contributed by atoms with E-state index < -0.39 is 0 Å². The molecule has 332 valence electrons. The van der Waals surface area contributed by atoms with Crippen LogP contribution in [0.5, 0.6) is 0 Å². The molecule has 12 rings (SSSR count). The molecule has 8 aromatic rings. The van der Waals surface area contributed by atoms with Crippen molar-refractivity contribution in [2.45, 2.75) is 103 Å². The average Bonchev–Trinajstić information content (AvgIpc) is 3.29. The van der Waals surface area contributed by atoms with Gasteiger partial charge in [-0.15, -0.1) is 0 Å². The minimum absolute atomic E-state index is 0.0266. The molecule has 6 aromatic carbocycles. The molecular weight excluding hydrogens is 813 g/mol. The van der Waals surface area contributed by atoms with Crippen LogP contribution in [0.4, 0.5) is 11.4 Å².